The fourth-order valence-electron chi connectivity index (χ4n) is 2.64. The molecule has 2 aromatic rings. The van der Waals surface area contributed by atoms with Gasteiger partial charge in [0, 0.05) is 24.5 Å². The number of rotatable bonds is 3. The Balaban J connectivity index is 1.69. The van der Waals surface area contributed by atoms with E-state index in [0.717, 1.165) is 29.9 Å². The highest BCUT2D eigenvalue weighted by Gasteiger charge is 2.28. The summed E-state index contributed by atoms with van der Waals surface area (Å²) < 4.78 is 12.9. The van der Waals surface area contributed by atoms with Crippen molar-refractivity contribution in [1.29, 1.82) is 0 Å². The molecule has 114 valence electrons. The number of H-pyrrole nitrogens is 1. The Labute approximate surface area is 127 Å². The van der Waals surface area contributed by atoms with E-state index in [1.165, 1.54) is 0 Å². The summed E-state index contributed by atoms with van der Waals surface area (Å²) in [4.78, 5) is 28.7. The molecular formula is C16H16FN3O2. The predicted molar refractivity (Wildman–Crippen MR) is 80.2 cm³/mol. The summed E-state index contributed by atoms with van der Waals surface area (Å²) in [7, 11) is 0. The van der Waals surface area contributed by atoms with Crippen LogP contribution in [0.4, 0.5) is 10.1 Å². The molecule has 1 aliphatic heterocycles. The van der Waals surface area contributed by atoms with E-state index < -0.39 is 17.8 Å². The van der Waals surface area contributed by atoms with Crippen molar-refractivity contribution in [2.75, 3.05) is 11.4 Å². The molecule has 3 rings (SSSR count). The van der Waals surface area contributed by atoms with Crippen molar-refractivity contribution < 1.29 is 14.0 Å². The van der Waals surface area contributed by atoms with E-state index in [9.17, 15) is 14.0 Å². The lowest BCUT2D eigenvalue weighted by Gasteiger charge is -2.22. The van der Waals surface area contributed by atoms with E-state index in [4.69, 9.17) is 0 Å². The Hall–Kier alpha value is -2.63. The average Bonchev–Trinajstić information content (AvgIpc) is 3.12. The van der Waals surface area contributed by atoms with Crippen molar-refractivity contribution >= 4 is 17.5 Å². The molecule has 6 heteroatoms. The maximum absolute atomic E-state index is 12.9. The lowest BCUT2D eigenvalue weighted by molar-refractivity contribution is -0.119. The lowest BCUT2D eigenvalue weighted by Crippen LogP contribution is -2.46. The SMILES string of the molecule is CC(NC(=O)c1cc(F)c[nH]1)C(=O)N1CCc2ccccc21. The van der Waals surface area contributed by atoms with Gasteiger partial charge in [0.2, 0.25) is 5.91 Å². The fourth-order valence-corrected chi connectivity index (χ4v) is 2.64. The first-order chi connectivity index (χ1) is 10.6. The average molecular weight is 301 g/mol. The largest absolute Gasteiger partial charge is 0.355 e. The quantitative estimate of drug-likeness (QED) is 0.909. The van der Waals surface area contributed by atoms with Crippen LogP contribution >= 0.6 is 0 Å². The van der Waals surface area contributed by atoms with Gasteiger partial charge in [-0.2, -0.15) is 0 Å². The predicted octanol–water partition coefficient (Wildman–Crippen LogP) is 1.86. The number of halogens is 1. The molecule has 1 aromatic heterocycles. The maximum Gasteiger partial charge on any atom is 0.268 e. The minimum atomic E-state index is -0.690. The van der Waals surface area contributed by atoms with Crippen LogP contribution in [0.2, 0.25) is 0 Å². The zero-order valence-corrected chi connectivity index (χ0v) is 12.1. The minimum absolute atomic E-state index is 0.0963. The third-order valence-corrected chi connectivity index (χ3v) is 3.76. The molecule has 2 amide bonds. The van der Waals surface area contributed by atoms with E-state index >= 15 is 0 Å². The molecule has 5 nitrogen and oxygen atoms in total. The normalized spacial score (nSPS) is 14.5. The van der Waals surface area contributed by atoms with E-state index in [1.54, 1.807) is 11.8 Å². The highest BCUT2D eigenvalue weighted by Crippen LogP contribution is 2.27. The number of carbonyl (C=O) groups excluding carboxylic acids is 2. The van der Waals surface area contributed by atoms with Gasteiger partial charge in [-0.1, -0.05) is 18.2 Å². The summed E-state index contributed by atoms with van der Waals surface area (Å²) in [6.45, 7) is 2.23. The first-order valence-electron chi connectivity index (χ1n) is 7.10. The van der Waals surface area contributed by atoms with Crippen LogP contribution in [0.5, 0.6) is 0 Å². The number of anilines is 1. The third kappa shape index (κ3) is 2.59. The molecule has 2 N–H and O–H groups in total. The molecule has 0 fully saturated rings. The second-order valence-electron chi connectivity index (χ2n) is 5.30. The van der Waals surface area contributed by atoms with Crippen LogP contribution in [0.15, 0.2) is 36.5 Å². The van der Waals surface area contributed by atoms with E-state index in [-0.39, 0.29) is 11.6 Å². The van der Waals surface area contributed by atoms with Gasteiger partial charge in [0.15, 0.2) is 0 Å². The molecule has 0 saturated carbocycles. The number of aromatic nitrogens is 1. The van der Waals surface area contributed by atoms with Crippen LogP contribution in [-0.4, -0.2) is 29.4 Å². The second-order valence-corrected chi connectivity index (χ2v) is 5.30. The zero-order chi connectivity index (χ0) is 15.7. The van der Waals surface area contributed by atoms with Gasteiger partial charge in [-0.15, -0.1) is 0 Å². The lowest BCUT2D eigenvalue weighted by atomic mass is 10.2. The number of hydrogen-bond acceptors (Lipinski definition) is 2. The van der Waals surface area contributed by atoms with E-state index in [0.29, 0.717) is 6.54 Å². The Morgan fingerprint density at radius 2 is 2.14 bits per heavy atom. The molecule has 0 saturated heterocycles. The number of nitrogens with zero attached hydrogens (tertiary/aromatic N) is 1. The standard InChI is InChI=1S/C16H16FN3O2/c1-10(19-15(21)13-8-12(17)9-18-13)16(22)20-7-6-11-4-2-3-5-14(11)20/h2-5,8-10,18H,6-7H2,1H3,(H,19,21). The molecule has 1 unspecified atom stereocenters. The molecule has 2 heterocycles. The molecule has 22 heavy (non-hydrogen) atoms. The van der Waals surface area contributed by atoms with Gasteiger partial charge in [-0.25, -0.2) is 4.39 Å². The Morgan fingerprint density at radius 1 is 1.36 bits per heavy atom. The maximum atomic E-state index is 12.9. The van der Waals surface area contributed by atoms with Gasteiger partial charge in [-0.05, 0) is 25.0 Å². The van der Waals surface area contributed by atoms with Crippen molar-refractivity contribution in [3.63, 3.8) is 0 Å². The van der Waals surface area contributed by atoms with E-state index in [2.05, 4.69) is 10.3 Å². The van der Waals surface area contributed by atoms with Crippen molar-refractivity contribution in [3.05, 3.63) is 53.6 Å². The fraction of sp³-hybridized carbons (Fsp3) is 0.250. The summed E-state index contributed by atoms with van der Waals surface area (Å²) in [5.41, 5.74) is 2.11. The Kier molecular flexibility index (Phi) is 3.66. The molecule has 0 spiro atoms. The van der Waals surface area contributed by atoms with Crippen LogP contribution in [0, 0.1) is 5.82 Å². The number of nitrogens with one attached hydrogen (secondary N) is 2. The van der Waals surface area contributed by atoms with Gasteiger partial charge in [0.05, 0.1) is 0 Å². The monoisotopic (exact) mass is 301 g/mol. The summed E-state index contributed by atoms with van der Waals surface area (Å²) in [6.07, 6.45) is 1.91. The molecule has 1 aromatic carbocycles. The molecule has 1 aliphatic rings. The summed E-state index contributed by atoms with van der Waals surface area (Å²) in [6, 6.07) is 8.12. The number of aromatic amines is 1. The molecule has 0 radical (unpaired) electrons. The number of hydrogen-bond donors (Lipinski definition) is 2. The van der Waals surface area contributed by atoms with Crippen LogP contribution < -0.4 is 10.2 Å². The van der Waals surface area contributed by atoms with Crippen molar-refractivity contribution in [2.45, 2.75) is 19.4 Å². The van der Waals surface area contributed by atoms with Crippen molar-refractivity contribution in [2.24, 2.45) is 0 Å². The highest BCUT2D eigenvalue weighted by molar-refractivity contribution is 6.02. The van der Waals surface area contributed by atoms with Gasteiger partial charge >= 0.3 is 0 Å². The van der Waals surface area contributed by atoms with Crippen LogP contribution in [0.3, 0.4) is 0 Å². The van der Waals surface area contributed by atoms with Gasteiger partial charge < -0.3 is 15.2 Å². The van der Waals surface area contributed by atoms with Crippen molar-refractivity contribution in [3.8, 4) is 0 Å². The number of amides is 2. The first-order valence-corrected chi connectivity index (χ1v) is 7.10. The highest BCUT2D eigenvalue weighted by atomic mass is 19.1. The zero-order valence-electron chi connectivity index (χ0n) is 12.1. The second kappa shape index (κ2) is 5.63. The summed E-state index contributed by atoms with van der Waals surface area (Å²) in [5.74, 6) is -1.19. The number of para-hydroxylation sites is 1. The molecule has 1 atom stereocenters. The first kappa shape index (κ1) is 14.3. The smallest absolute Gasteiger partial charge is 0.268 e. The van der Waals surface area contributed by atoms with E-state index in [1.807, 2.05) is 24.3 Å². The van der Waals surface area contributed by atoms with Crippen LogP contribution in [0.25, 0.3) is 0 Å². The Morgan fingerprint density at radius 3 is 2.86 bits per heavy atom. The third-order valence-electron chi connectivity index (χ3n) is 3.76. The number of carbonyl (C=O) groups is 2. The van der Waals surface area contributed by atoms with Crippen LogP contribution in [-0.2, 0) is 11.2 Å². The summed E-state index contributed by atoms with van der Waals surface area (Å²) in [5, 5.41) is 2.59. The minimum Gasteiger partial charge on any atom is -0.355 e. The molecule has 0 bridgehead atoms. The van der Waals surface area contributed by atoms with Crippen molar-refractivity contribution in [1.82, 2.24) is 10.3 Å². The Bertz CT molecular complexity index is 726. The van der Waals surface area contributed by atoms with Crippen LogP contribution in [0.1, 0.15) is 23.0 Å². The molecular weight excluding hydrogens is 285 g/mol. The number of benzene rings is 1. The van der Waals surface area contributed by atoms with Gasteiger partial charge in [0.25, 0.3) is 5.91 Å². The van der Waals surface area contributed by atoms with Gasteiger partial charge in [0.1, 0.15) is 17.6 Å². The topological polar surface area (TPSA) is 65.2 Å². The molecule has 0 aliphatic carbocycles. The summed E-state index contributed by atoms with van der Waals surface area (Å²) >= 11 is 0. The van der Waals surface area contributed by atoms with Gasteiger partial charge in [-0.3, -0.25) is 9.59 Å². The number of fused-ring (bicyclic) bond motifs is 1.